The summed E-state index contributed by atoms with van der Waals surface area (Å²) in [4.78, 5) is 4.01. The molecule has 19 heavy (non-hydrogen) atoms. The van der Waals surface area contributed by atoms with E-state index >= 15 is 0 Å². The molecule has 0 saturated heterocycles. The lowest BCUT2D eigenvalue weighted by atomic mass is 9.99. The lowest BCUT2D eigenvalue weighted by Crippen LogP contribution is -2.19. The summed E-state index contributed by atoms with van der Waals surface area (Å²) >= 11 is 6.16. The minimum absolute atomic E-state index is 0.190. The van der Waals surface area contributed by atoms with E-state index in [0.29, 0.717) is 5.02 Å². The van der Waals surface area contributed by atoms with Gasteiger partial charge >= 0.3 is 0 Å². The standard InChI is InChI=1S/C15H17ClN2O/c1-17-15(9-11-6-7-18-10-14(11)16)12-4-3-5-13(8-12)19-2/h3-8,10,15,17H,9H2,1-2H3. The van der Waals surface area contributed by atoms with Gasteiger partial charge in [0.25, 0.3) is 0 Å². The van der Waals surface area contributed by atoms with Crippen molar-refractivity contribution in [2.75, 3.05) is 14.2 Å². The lowest BCUT2D eigenvalue weighted by Gasteiger charge is -2.18. The predicted molar refractivity (Wildman–Crippen MR) is 77.7 cm³/mol. The highest BCUT2D eigenvalue weighted by molar-refractivity contribution is 6.31. The van der Waals surface area contributed by atoms with Crippen LogP contribution in [-0.4, -0.2) is 19.1 Å². The van der Waals surface area contributed by atoms with Crippen LogP contribution in [0.5, 0.6) is 5.75 Å². The molecule has 0 aliphatic rings. The molecule has 1 N–H and O–H groups in total. The number of benzene rings is 1. The third kappa shape index (κ3) is 3.46. The van der Waals surface area contributed by atoms with Gasteiger partial charge in [-0.1, -0.05) is 23.7 Å². The number of rotatable bonds is 5. The average molecular weight is 277 g/mol. The van der Waals surface area contributed by atoms with Crippen LogP contribution in [-0.2, 0) is 6.42 Å². The van der Waals surface area contributed by atoms with E-state index < -0.39 is 0 Å². The van der Waals surface area contributed by atoms with Crippen LogP contribution in [0.4, 0.5) is 0 Å². The highest BCUT2D eigenvalue weighted by atomic mass is 35.5. The molecule has 0 amide bonds. The largest absolute Gasteiger partial charge is 0.497 e. The molecule has 4 heteroatoms. The van der Waals surface area contributed by atoms with Crippen molar-refractivity contribution in [3.8, 4) is 5.75 Å². The maximum absolute atomic E-state index is 6.16. The van der Waals surface area contributed by atoms with E-state index in [2.05, 4.69) is 16.4 Å². The molecule has 1 aromatic heterocycles. The maximum Gasteiger partial charge on any atom is 0.119 e. The molecular weight excluding hydrogens is 260 g/mol. The number of nitrogens with zero attached hydrogens (tertiary/aromatic N) is 1. The van der Waals surface area contributed by atoms with Crippen molar-refractivity contribution in [3.05, 3.63) is 58.9 Å². The van der Waals surface area contributed by atoms with Crippen LogP contribution >= 0.6 is 11.6 Å². The Morgan fingerprint density at radius 3 is 2.89 bits per heavy atom. The first-order chi connectivity index (χ1) is 9.24. The summed E-state index contributed by atoms with van der Waals surface area (Å²) in [6, 6.07) is 10.2. The summed E-state index contributed by atoms with van der Waals surface area (Å²) in [6.45, 7) is 0. The van der Waals surface area contributed by atoms with Gasteiger partial charge in [0.15, 0.2) is 0 Å². The number of halogens is 1. The molecule has 2 aromatic rings. The minimum atomic E-state index is 0.190. The first kappa shape index (κ1) is 13.8. The number of aromatic nitrogens is 1. The molecule has 1 unspecified atom stereocenters. The Kier molecular flexibility index (Phi) is 4.77. The first-order valence-electron chi connectivity index (χ1n) is 6.14. The fourth-order valence-electron chi connectivity index (χ4n) is 2.03. The monoisotopic (exact) mass is 276 g/mol. The van der Waals surface area contributed by atoms with Gasteiger partial charge in [0.2, 0.25) is 0 Å². The molecule has 0 bridgehead atoms. The van der Waals surface area contributed by atoms with Gasteiger partial charge in [0, 0.05) is 18.4 Å². The molecule has 1 aromatic carbocycles. The topological polar surface area (TPSA) is 34.2 Å². The smallest absolute Gasteiger partial charge is 0.119 e. The normalized spacial score (nSPS) is 12.2. The molecular formula is C15H17ClN2O. The second kappa shape index (κ2) is 6.55. The number of pyridine rings is 1. The van der Waals surface area contributed by atoms with Crippen molar-refractivity contribution < 1.29 is 4.74 Å². The third-order valence-electron chi connectivity index (χ3n) is 3.13. The van der Waals surface area contributed by atoms with Crippen molar-refractivity contribution in [2.45, 2.75) is 12.5 Å². The van der Waals surface area contributed by atoms with E-state index in [9.17, 15) is 0 Å². The fraction of sp³-hybridized carbons (Fsp3) is 0.267. The van der Waals surface area contributed by atoms with E-state index in [-0.39, 0.29) is 6.04 Å². The SMILES string of the molecule is CNC(Cc1ccncc1Cl)c1cccc(OC)c1. The summed E-state index contributed by atoms with van der Waals surface area (Å²) < 4.78 is 5.26. The Morgan fingerprint density at radius 1 is 1.37 bits per heavy atom. The molecule has 0 radical (unpaired) electrons. The van der Waals surface area contributed by atoms with E-state index in [0.717, 1.165) is 17.7 Å². The summed E-state index contributed by atoms with van der Waals surface area (Å²) in [7, 11) is 3.62. The van der Waals surface area contributed by atoms with Gasteiger partial charge in [-0.15, -0.1) is 0 Å². The molecule has 1 atom stereocenters. The second-order valence-corrected chi connectivity index (χ2v) is 4.70. The van der Waals surface area contributed by atoms with E-state index in [1.54, 1.807) is 19.5 Å². The van der Waals surface area contributed by atoms with Gasteiger partial charge in [0.1, 0.15) is 5.75 Å². The van der Waals surface area contributed by atoms with Gasteiger partial charge < -0.3 is 10.1 Å². The van der Waals surface area contributed by atoms with Crippen LogP contribution in [0.15, 0.2) is 42.7 Å². The van der Waals surface area contributed by atoms with Gasteiger partial charge in [-0.25, -0.2) is 0 Å². The summed E-state index contributed by atoms with van der Waals surface area (Å²) in [6.07, 6.45) is 4.25. The van der Waals surface area contributed by atoms with Crippen LogP contribution < -0.4 is 10.1 Å². The number of hydrogen-bond acceptors (Lipinski definition) is 3. The summed E-state index contributed by atoms with van der Waals surface area (Å²) in [5, 5.41) is 4.01. The van der Waals surface area contributed by atoms with Gasteiger partial charge in [-0.2, -0.15) is 0 Å². The van der Waals surface area contributed by atoms with Crippen molar-refractivity contribution in [2.24, 2.45) is 0 Å². The molecule has 1 heterocycles. The molecule has 3 nitrogen and oxygen atoms in total. The maximum atomic E-state index is 6.16. The molecule has 0 aliphatic heterocycles. The van der Waals surface area contributed by atoms with E-state index in [4.69, 9.17) is 16.3 Å². The van der Waals surface area contributed by atoms with E-state index in [1.807, 2.05) is 31.3 Å². The zero-order valence-electron chi connectivity index (χ0n) is 11.1. The number of nitrogens with one attached hydrogen (secondary N) is 1. The van der Waals surface area contributed by atoms with Crippen LogP contribution in [0.1, 0.15) is 17.2 Å². The highest BCUT2D eigenvalue weighted by Gasteiger charge is 2.12. The number of likely N-dealkylation sites (N-methyl/N-ethyl adjacent to an activating group) is 1. The Bertz CT molecular complexity index is 545. The Hall–Kier alpha value is -1.58. The lowest BCUT2D eigenvalue weighted by molar-refractivity contribution is 0.413. The van der Waals surface area contributed by atoms with Gasteiger partial charge in [0.05, 0.1) is 12.1 Å². The zero-order valence-corrected chi connectivity index (χ0v) is 11.8. The molecule has 0 aliphatic carbocycles. The van der Waals surface area contributed by atoms with Crippen LogP contribution in [0.3, 0.4) is 0 Å². The molecule has 100 valence electrons. The van der Waals surface area contributed by atoms with Gasteiger partial charge in [-0.05, 0) is 42.8 Å². The fourth-order valence-corrected chi connectivity index (χ4v) is 2.23. The summed E-state index contributed by atoms with van der Waals surface area (Å²) in [5.74, 6) is 0.860. The molecule has 0 spiro atoms. The average Bonchev–Trinajstić information content (AvgIpc) is 2.46. The Labute approximate surface area is 118 Å². The van der Waals surface area contributed by atoms with Gasteiger partial charge in [-0.3, -0.25) is 4.98 Å². The second-order valence-electron chi connectivity index (χ2n) is 4.29. The first-order valence-corrected chi connectivity index (χ1v) is 6.52. The zero-order chi connectivity index (χ0) is 13.7. The van der Waals surface area contributed by atoms with Crippen molar-refractivity contribution in [1.29, 1.82) is 0 Å². The van der Waals surface area contributed by atoms with Crippen LogP contribution in [0, 0.1) is 0 Å². The number of hydrogen-bond donors (Lipinski definition) is 1. The van der Waals surface area contributed by atoms with Crippen LogP contribution in [0.25, 0.3) is 0 Å². The van der Waals surface area contributed by atoms with Crippen molar-refractivity contribution >= 4 is 11.6 Å². The quantitative estimate of drug-likeness (QED) is 0.910. The highest BCUT2D eigenvalue weighted by Crippen LogP contribution is 2.24. The van der Waals surface area contributed by atoms with Crippen molar-refractivity contribution in [3.63, 3.8) is 0 Å². The summed E-state index contributed by atoms with van der Waals surface area (Å²) in [5.41, 5.74) is 2.26. The minimum Gasteiger partial charge on any atom is -0.497 e. The van der Waals surface area contributed by atoms with E-state index in [1.165, 1.54) is 5.56 Å². The van der Waals surface area contributed by atoms with Crippen LogP contribution in [0.2, 0.25) is 5.02 Å². The number of ether oxygens (including phenoxy) is 1. The van der Waals surface area contributed by atoms with Crippen molar-refractivity contribution in [1.82, 2.24) is 10.3 Å². The molecule has 2 rings (SSSR count). The Morgan fingerprint density at radius 2 is 2.21 bits per heavy atom. The molecule has 0 fully saturated rings. The predicted octanol–water partition coefficient (Wildman–Crippen LogP) is 3.25. The third-order valence-corrected chi connectivity index (χ3v) is 3.47. The molecule has 0 saturated carbocycles. The Balaban J connectivity index is 2.22. The number of methoxy groups -OCH3 is 1.